The lowest BCUT2D eigenvalue weighted by Gasteiger charge is -2.13. The van der Waals surface area contributed by atoms with E-state index >= 15 is 0 Å². The Labute approximate surface area is 124 Å². The third kappa shape index (κ3) is 4.56. The van der Waals surface area contributed by atoms with Crippen molar-refractivity contribution in [2.24, 2.45) is 0 Å². The summed E-state index contributed by atoms with van der Waals surface area (Å²) in [5, 5.41) is 7.49. The van der Waals surface area contributed by atoms with Crippen LogP contribution < -0.4 is 10.1 Å². The lowest BCUT2D eigenvalue weighted by Crippen LogP contribution is -2.22. The molecule has 1 aromatic heterocycles. The zero-order valence-electron chi connectivity index (χ0n) is 12.8. The van der Waals surface area contributed by atoms with Crippen molar-refractivity contribution in [3.8, 4) is 5.75 Å². The average Bonchev–Trinajstić information content (AvgIpc) is 2.92. The largest absolute Gasteiger partial charge is 0.488 e. The van der Waals surface area contributed by atoms with Gasteiger partial charge < -0.3 is 10.1 Å². The van der Waals surface area contributed by atoms with Gasteiger partial charge in [0.05, 0.1) is 6.20 Å². The Morgan fingerprint density at radius 3 is 2.86 bits per heavy atom. The third-order valence-corrected chi connectivity index (χ3v) is 3.13. The normalized spacial score (nSPS) is 11.1. The SMILES string of the molecule is CCn1cc(COc2ccc(F)cc2CNC(C)C)cn1. The van der Waals surface area contributed by atoms with Crippen LogP contribution in [0.4, 0.5) is 4.39 Å². The molecular formula is C16H22FN3O. The summed E-state index contributed by atoms with van der Waals surface area (Å²) in [5.74, 6) is 0.454. The molecule has 0 saturated heterocycles. The summed E-state index contributed by atoms with van der Waals surface area (Å²) in [6, 6.07) is 4.95. The Hall–Kier alpha value is -1.88. The van der Waals surface area contributed by atoms with Crippen molar-refractivity contribution < 1.29 is 9.13 Å². The van der Waals surface area contributed by atoms with E-state index in [0.717, 1.165) is 17.7 Å². The first-order valence-corrected chi connectivity index (χ1v) is 7.24. The van der Waals surface area contributed by atoms with Crippen LogP contribution in [-0.2, 0) is 19.7 Å². The van der Waals surface area contributed by atoms with Gasteiger partial charge in [0.1, 0.15) is 18.2 Å². The summed E-state index contributed by atoms with van der Waals surface area (Å²) in [7, 11) is 0. The number of nitrogens with one attached hydrogen (secondary N) is 1. The molecule has 1 aromatic carbocycles. The van der Waals surface area contributed by atoms with Crippen LogP contribution in [0.3, 0.4) is 0 Å². The van der Waals surface area contributed by atoms with Crippen LogP contribution in [0.25, 0.3) is 0 Å². The molecule has 0 spiro atoms. The summed E-state index contributed by atoms with van der Waals surface area (Å²) in [4.78, 5) is 0. The maximum atomic E-state index is 13.4. The van der Waals surface area contributed by atoms with Gasteiger partial charge in [0.25, 0.3) is 0 Å². The lowest BCUT2D eigenvalue weighted by atomic mass is 10.2. The van der Waals surface area contributed by atoms with Gasteiger partial charge in [0.15, 0.2) is 0 Å². The van der Waals surface area contributed by atoms with Gasteiger partial charge in [-0.3, -0.25) is 4.68 Å². The lowest BCUT2D eigenvalue weighted by molar-refractivity contribution is 0.301. The quantitative estimate of drug-likeness (QED) is 0.852. The molecule has 2 rings (SSSR count). The van der Waals surface area contributed by atoms with Gasteiger partial charge in [0.2, 0.25) is 0 Å². The van der Waals surface area contributed by atoms with Gasteiger partial charge in [-0.25, -0.2) is 4.39 Å². The molecule has 4 nitrogen and oxygen atoms in total. The van der Waals surface area contributed by atoms with Crippen LogP contribution in [0.2, 0.25) is 0 Å². The molecule has 5 heteroatoms. The van der Waals surface area contributed by atoms with Gasteiger partial charge in [-0.2, -0.15) is 5.10 Å². The summed E-state index contributed by atoms with van der Waals surface area (Å²) in [6.45, 7) is 7.99. The summed E-state index contributed by atoms with van der Waals surface area (Å²) in [6.07, 6.45) is 3.74. The molecule has 0 atom stereocenters. The highest BCUT2D eigenvalue weighted by atomic mass is 19.1. The van der Waals surface area contributed by atoms with Crippen molar-refractivity contribution >= 4 is 0 Å². The number of hydrogen-bond acceptors (Lipinski definition) is 3. The van der Waals surface area contributed by atoms with Crippen LogP contribution in [-0.4, -0.2) is 15.8 Å². The van der Waals surface area contributed by atoms with E-state index in [0.29, 0.717) is 24.9 Å². The van der Waals surface area contributed by atoms with E-state index in [2.05, 4.69) is 24.3 Å². The molecule has 0 aliphatic carbocycles. The zero-order valence-corrected chi connectivity index (χ0v) is 12.8. The number of hydrogen-bond donors (Lipinski definition) is 1. The Kier molecular flexibility index (Phi) is 5.33. The first-order chi connectivity index (χ1) is 10.1. The van der Waals surface area contributed by atoms with Crippen LogP contribution in [0.1, 0.15) is 31.9 Å². The first-order valence-electron chi connectivity index (χ1n) is 7.24. The highest BCUT2D eigenvalue weighted by Gasteiger charge is 2.07. The molecule has 114 valence electrons. The molecule has 2 aromatic rings. The summed E-state index contributed by atoms with van der Waals surface area (Å²) < 4.78 is 21.0. The second-order valence-electron chi connectivity index (χ2n) is 5.28. The van der Waals surface area contributed by atoms with E-state index < -0.39 is 0 Å². The van der Waals surface area contributed by atoms with Crippen LogP contribution in [0.5, 0.6) is 5.75 Å². The van der Waals surface area contributed by atoms with Crippen LogP contribution in [0.15, 0.2) is 30.6 Å². The maximum absolute atomic E-state index is 13.4. The average molecular weight is 291 g/mol. The standard InChI is InChI=1S/C16H22FN3O/c1-4-20-10-13(8-19-20)11-21-16-6-5-15(17)7-14(16)9-18-12(2)3/h5-8,10,12,18H,4,9,11H2,1-3H3. The van der Waals surface area contributed by atoms with Gasteiger partial charge in [-0.1, -0.05) is 13.8 Å². The molecule has 0 aliphatic rings. The maximum Gasteiger partial charge on any atom is 0.124 e. The van der Waals surface area contributed by atoms with Gasteiger partial charge in [-0.05, 0) is 25.1 Å². The van der Waals surface area contributed by atoms with Crippen LogP contribution >= 0.6 is 0 Å². The van der Waals surface area contributed by atoms with E-state index in [4.69, 9.17) is 4.74 Å². The van der Waals surface area contributed by atoms with E-state index in [-0.39, 0.29) is 5.82 Å². The van der Waals surface area contributed by atoms with Crippen molar-refractivity contribution in [2.75, 3.05) is 0 Å². The third-order valence-electron chi connectivity index (χ3n) is 3.13. The second-order valence-corrected chi connectivity index (χ2v) is 5.28. The Balaban J connectivity index is 2.04. The fourth-order valence-corrected chi connectivity index (χ4v) is 1.96. The van der Waals surface area contributed by atoms with Crippen molar-refractivity contribution in [3.63, 3.8) is 0 Å². The molecule has 0 unspecified atom stereocenters. The van der Waals surface area contributed by atoms with E-state index in [1.54, 1.807) is 12.3 Å². The van der Waals surface area contributed by atoms with Crippen molar-refractivity contribution in [1.29, 1.82) is 0 Å². The molecule has 0 aliphatic heterocycles. The van der Waals surface area contributed by atoms with Crippen molar-refractivity contribution in [1.82, 2.24) is 15.1 Å². The number of ether oxygens (including phenoxy) is 1. The molecule has 0 saturated carbocycles. The smallest absolute Gasteiger partial charge is 0.124 e. The van der Waals surface area contributed by atoms with E-state index in [1.807, 2.05) is 17.8 Å². The summed E-state index contributed by atoms with van der Waals surface area (Å²) in [5.41, 5.74) is 1.83. The highest BCUT2D eigenvalue weighted by molar-refractivity contribution is 5.34. The zero-order chi connectivity index (χ0) is 15.2. The molecule has 0 amide bonds. The van der Waals surface area contributed by atoms with Gasteiger partial charge >= 0.3 is 0 Å². The predicted octanol–water partition coefficient (Wildman–Crippen LogP) is 3.12. The molecule has 21 heavy (non-hydrogen) atoms. The van der Waals surface area contributed by atoms with Gasteiger partial charge in [0, 0.05) is 36.5 Å². The Bertz CT molecular complexity index is 581. The monoisotopic (exact) mass is 291 g/mol. The van der Waals surface area contributed by atoms with Gasteiger partial charge in [-0.15, -0.1) is 0 Å². The predicted molar refractivity (Wildman–Crippen MR) is 80.6 cm³/mol. The molecule has 1 N–H and O–H groups in total. The van der Waals surface area contributed by atoms with Crippen LogP contribution in [0, 0.1) is 5.82 Å². The second kappa shape index (κ2) is 7.22. The molecular weight excluding hydrogens is 269 g/mol. The number of rotatable bonds is 7. The first kappa shape index (κ1) is 15.5. The fraction of sp³-hybridized carbons (Fsp3) is 0.438. The topological polar surface area (TPSA) is 39.1 Å². The number of aryl methyl sites for hydroxylation is 1. The molecule has 1 heterocycles. The summed E-state index contributed by atoms with van der Waals surface area (Å²) >= 11 is 0. The Morgan fingerprint density at radius 1 is 1.38 bits per heavy atom. The highest BCUT2D eigenvalue weighted by Crippen LogP contribution is 2.21. The molecule has 0 radical (unpaired) electrons. The minimum Gasteiger partial charge on any atom is -0.488 e. The Morgan fingerprint density at radius 2 is 2.19 bits per heavy atom. The number of benzene rings is 1. The fourth-order valence-electron chi connectivity index (χ4n) is 1.96. The van der Waals surface area contributed by atoms with Crippen molar-refractivity contribution in [3.05, 3.63) is 47.5 Å². The van der Waals surface area contributed by atoms with E-state index in [9.17, 15) is 4.39 Å². The number of halogens is 1. The number of aromatic nitrogens is 2. The molecule has 0 fully saturated rings. The molecule has 0 bridgehead atoms. The number of nitrogens with zero attached hydrogens (tertiary/aromatic N) is 2. The van der Waals surface area contributed by atoms with Crippen molar-refractivity contribution in [2.45, 2.75) is 46.5 Å². The minimum atomic E-state index is -0.248. The minimum absolute atomic E-state index is 0.248. The van der Waals surface area contributed by atoms with E-state index in [1.165, 1.54) is 12.1 Å².